The van der Waals surface area contributed by atoms with Crippen LogP contribution in [0.2, 0.25) is 0 Å². The first kappa shape index (κ1) is 19.7. The molecule has 2 saturated heterocycles. The number of rotatable bonds is 5. The lowest BCUT2D eigenvalue weighted by Gasteiger charge is -2.51. The topological polar surface area (TPSA) is 68.2 Å². The fraction of sp³-hybridized carbons (Fsp3) is 0.435. The SMILES string of the molecule is CCOc1ccc(C2(O)CC3COCC(C2)N3C(=O)OCc2ccccc2)cc1. The van der Waals surface area contributed by atoms with Crippen molar-refractivity contribution >= 4 is 6.09 Å². The van der Waals surface area contributed by atoms with Crippen LogP contribution in [0.1, 0.15) is 30.9 Å². The number of carbonyl (C=O) groups is 1. The second-order valence-corrected chi connectivity index (χ2v) is 7.69. The molecule has 29 heavy (non-hydrogen) atoms. The average Bonchev–Trinajstić information content (AvgIpc) is 2.73. The van der Waals surface area contributed by atoms with Crippen molar-refractivity contribution in [2.75, 3.05) is 19.8 Å². The largest absolute Gasteiger partial charge is 0.494 e. The lowest BCUT2D eigenvalue weighted by Crippen LogP contribution is -2.62. The number of amides is 1. The maximum atomic E-state index is 12.8. The molecule has 1 amide bonds. The number of hydrogen-bond donors (Lipinski definition) is 1. The molecule has 2 aromatic carbocycles. The van der Waals surface area contributed by atoms with E-state index in [0.29, 0.717) is 32.7 Å². The number of ether oxygens (including phenoxy) is 3. The van der Waals surface area contributed by atoms with Gasteiger partial charge in [-0.1, -0.05) is 42.5 Å². The highest BCUT2D eigenvalue weighted by molar-refractivity contribution is 5.69. The van der Waals surface area contributed by atoms with Crippen molar-refractivity contribution in [2.45, 2.75) is 44.1 Å². The second kappa shape index (κ2) is 8.43. The molecule has 0 aliphatic carbocycles. The maximum Gasteiger partial charge on any atom is 0.410 e. The summed E-state index contributed by atoms with van der Waals surface area (Å²) < 4.78 is 16.7. The van der Waals surface area contributed by atoms with Gasteiger partial charge in [0, 0.05) is 12.8 Å². The highest BCUT2D eigenvalue weighted by Crippen LogP contribution is 2.41. The van der Waals surface area contributed by atoms with Gasteiger partial charge in [0.15, 0.2) is 0 Å². The van der Waals surface area contributed by atoms with E-state index < -0.39 is 5.60 Å². The summed E-state index contributed by atoms with van der Waals surface area (Å²) in [6, 6.07) is 16.8. The molecule has 2 heterocycles. The van der Waals surface area contributed by atoms with E-state index in [1.165, 1.54) is 0 Å². The van der Waals surface area contributed by atoms with Crippen LogP contribution in [-0.2, 0) is 21.7 Å². The van der Waals surface area contributed by atoms with Crippen molar-refractivity contribution in [1.29, 1.82) is 0 Å². The normalized spacial score (nSPS) is 26.1. The van der Waals surface area contributed by atoms with Crippen LogP contribution in [0.15, 0.2) is 54.6 Å². The lowest BCUT2D eigenvalue weighted by molar-refractivity contribution is -0.136. The fourth-order valence-corrected chi connectivity index (χ4v) is 4.33. The number of carbonyl (C=O) groups excluding carboxylic acids is 1. The van der Waals surface area contributed by atoms with Gasteiger partial charge in [-0.05, 0) is 30.2 Å². The van der Waals surface area contributed by atoms with Crippen LogP contribution in [0, 0.1) is 0 Å². The molecule has 1 N–H and O–H groups in total. The molecule has 0 aromatic heterocycles. The van der Waals surface area contributed by atoms with E-state index in [-0.39, 0.29) is 24.8 Å². The minimum atomic E-state index is -1.000. The van der Waals surface area contributed by atoms with E-state index in [1.54, 1.807) is 4.90 Å². The summed E-state index contributed by atoms with van der Waals surface area (Å²) >= 11 is 0. The third kappa shape index (κ3) is 4.23. The van der Waals surface area contributed by atoms with Gasteiger partial charge in [0.05, 0.1) is 37.5 Å². The van der Waals surface area contributed by atoms with E-state index in [1.807, 2.05) is 61.5 Å². The van der Waals surface area contributed by atoms with Gasteiger partial charge in [-0.15, -0.1) is 0 Å². The summed E-state index contributed by atoms with van der Waals surface area (Å²) in [6.45, 7) is 3.58. The highest BCUT2D eigenvalue weighted by atomic mass is 16.6. The Labute approximate surface area is 171 Å². The molecular formula is C23H27NO5. The Morgan fingerprint density at radius 1 is 1.10 bits per heavy atom. The second-order valence-electron chi connectivity index (χ2n) is 7.69. The molecule has 154 valence electrons. The molecule has 2 fully saturated rings. The van der Waals surface area contributed by atoms with Crippen LogP contribution in [-0.4, -0.2) is 48.0 Å². The molecule has 2 unspecified atom stereocenters. The van der Waals surface area contributed by atoms with Gasteiger partial charge < -0.3 is 19.3 Å². The van der Waals surface area contributed by atoms with E-state index in [2.05, 4.69) is 0 Å². The number of nitrogens with zero attached hydrogens (tertiary/aromatic N) is 1. The Balaban J connectivity index is 1.46. The molecule has 2 bridgehead atoms. The highest BCUT2D eigenvalue weighted by Gasteiger charge is 2.49. The van der Waals surface area contributed by atoms with Gasteiger partial charge in [-0.2, -0.15) is 0 Å². The Morgan fingerprint density at radius 2 is 1.76 bits per heavy atom. The first-order valence-electron chi connectivity index (χ1n) is 10.1. The summed E-state index contributed by atoms with van der Waals surface area (Å²) in [7, 11) is 0. The zero-order valence-electron chi connectivity index (χ0n) is 16.6. The third-order valence-corrected chi connectivity index (χ3v) is 5.67. The molecule has 4 rings (SSSR count). The maximum absolute atomic E-state index is 12.8. The number of benzene rings is 2. The van der Waals surface area contributed by atoms with Crippen molar-refractivity contribution in [3.05, 3.63) is 65.7 Å². The minimum absolute atomic E-state index is 0.220. The Bertz CT molecular complexity index is 809. The number of fused-ring (bicyclic) bond motifs is 2. The monoisotopic (exact) mass is 397 g/mol. The smallest absolute Gasteiger partial charge is 0.410 e. The summed E-state index contributed by atoms with van der Waals surface area (Å²) in [5, 5.41) is 11.4. The Kier molecular flexibility index (Phi) is 5.74. The predicted octanol–water partition coefficient (Wildman–Crippen LogP) is 3.47. The molecule has 6 heteroatoms. The van der Waals surface area contributed by atoms with Gasteiger partial charge in [0.2, 0.25) is 0 Å². The van der Waals surface area contributed by atoms with Crippen LogP contribution in [0.4, 0.5) is 4.79 Å². The minimum Gasteiger partial charge on any atom is -0.494 e. The number of piperidine rings is 1. The summed E-state index contributed by atoms with van der Waals surface area (Å²) in [6.07, 6.45) is 0.483. The van der Waals surface area contributed by atoms with Crippen molar-refractivity contribution in [1.82, 2.24) is 4.90 Å². The quantitative estimate of drug-likeness (QED) is 0.837. The predicted molar refractivity (Wildman–Crippen MR) is 108 cm³/mol. The Hall–Kier alpha value is -2.57. The van der Waals surface area contributed by atoms with Crippen LogP contribution < -0.4 is 4.74 Å². The Morgan fingerprint density at radius 3 is 2.38 bits per heavy atom. The zero-order chi connectivity index (χ0) is 20.3. The molecule has 2 aliphatic heterocycles. The molecule has 0 saturated carbocycles. The summed E-state index contributed by atoms with van der Waals surface area (Å²) in [4.78, 5) is 14.6. The molecule has 6 nitrogen and oxygen atoms in total. The molecule has 0 radical (unpaired) electrons. The fourth-order valence-electron chi connectivity index (χ4n) is 4.33. The van der Waals surface area contributed by atoms with E-state index in [0.717, 1.165) is 16.9 Å². The third-order valence-electron chi connectivity index (χ3n) is 5.67. The van der Waals surface area contributed by atoms with E-state index in [4.69, 9.17) is 14.2 Å². The molecule has 0 spiro atoms. The number of hydrogen-bond acceptors (Lipinski definition) is 5. The van der Waals surface area contributed by atoms with Gasteiger partial charge >= 0.3 is 6.09 Å². The molecule has 2 atom stereocenters. The first-order chi connectivity index (χ1) is 14.1. The van der Waals surface area contributed by atoms with Gasteiger partial charge in [-0.25, -0.2) is 4.79 Å². The molecule has 2 aromatic rings. The van der Waals surface area contributed by atoms with E-state index in [9.17, 15) is 9.90 Å². The standard InChI is InChI=1S/C23H27NO5/c1-2-28-21-10-8-18(9-11-21)23(26)12-19-15-27-16-20(13-23)24(19)22(25)29-14-17-6-4-3-5-7-17/h3-11,19-20,26H,2,12-16H2,1H3. The van der Waals surface area contributed by atoms with Gasteiger partial charge in [-0.3, -0.25) is 4.90 Å². The van der Waals surface area contributed by atoms with Crippen molar-refractivity contribution in [3.63, 3.8) is 0 Å². The zero-order valence-corrected chi connectivity index (χ0v) is 16.6. The van der Waals surface area contributed by atoms with Crippen molar-refractivity contribution in [3.8, 4) is 5.75 Å². The number of aliphatic hydroxyl groups is 1. The summed E-state index contributed by atoms with van der Waals surface area (Å²) in [5.41, 5.74) is 0.792. The van der Waals surface area contributed by atoms with Crippen molar-refractivity contribution in [2.24, 2.45) is 0 Å². The van der Waals surface area contributed by atoms with Crippen molar-refractivity contribution < 1.29 is 24.1 Å². The van der Waals surface area contributed by atoms with Crippen LogP contribution in [0.25, 0.3) is 0 Å². The average molecular weight is 397 g/mol. The van der Waals surface area contributed by atoms with Crippen LogP contribution >= 0.6 is 0 Å². The molecule has 2 aliphatic rings. The van der Waals surface area contributed by atoms with E-state index >= 15 is 0 Å². The van der Waals surface area contributed by atoms with Crippen LogP contribution in [0.5, 0.6) is 5.75 Å². The van der Waals surface area contributed by atoms with Gasteiger partial charge in [0.25, 0.3) is 0 Å². The summed E-state index contributed by atoms with van der Waals surface area (Å²) in [5.74, 6) is 0.783. The van der Waals surface area contributed by atoms with Crippen LogP contribution in [0.3, 0.4) is 0 Å². The lowest BCUT2D eigenvalue weighted by atomic mass is 9.77. The number of morpholine rings is 1. The first-order valence-corrected chi connectivity index (χ1v) is 10.1. The van der Waals surface area contributed by atoms with Gasteiger partial charge in [0.1, 0.15) is 12.4 Å². The molecular weight excluding hydrogens is 370 g/mol.